The van der Waals surface area contributed by atoms with E-state index in [1.54, 1.807) is 32.2 Å². The first-order valence-electron chi connectivity index (χ1n) is 7.57. The summed E-state index contributed by atoms with van der Waals surface area (Å²) in [7, 11) is -3.28. The SMILES string of the molecule is CC(C)S(=O)(=O)N1CCc2nc(NC(=O)c3cccnc3)sc2C1. The Balaban J connectivity index is 1.75. The van der Waals surface area contributed by atoms with E-state index in [0.29, 0.717) is 30.2 Å². The molecule has 0 spiro atoms. The predicted octanol–water partition coefficient (Wildman–Crippen LogP) is 1.89. The van der Waals surface area contributed by atoms with E-state index in [0.717, 1.165) is 10.6 Å². The molecule has 1 aliphatic heterocycles. The van der Waals surface area contributed by atoms with E-state index < -0.39 is 15.3 Å². The van der Waals surface area contributed by atoms with Gasteiger partial charge in [0.2, 0.25) is 10.0 Å². The highest BCUT2D eigenvalue weighted by molar-refractivity contribution is 7.89. The molecule has 0 saturated heterocycles. The van der Waals surface area contributed by atoms with Crippen LogP contribution in [0.1, 0.15) is 34.8 Å². The normalized spacial score (nSPS) is 15.3. The van der Waals surface area contributed by atoms with Gasteiger partial charge in [0, 0.05) is 36.8 Å². The predicted molar refractivity (Wildman–Crippen MR) is 92.5 cm³/mol. The van der Waals surface area contributed by atoms with E-state index in [4.69, 9.17) is 0 Å². The van der Waals surface area contributed by atoms with Crippen LogP contribution >= 0.6 is 11.3 Å². The third-order valence-corrected chi connectivity index (χ3v) is 7.02. The highest BCUT2D eigenvalue weighted by atomic mass is 32.2. The molecule has 0 aliphatic carbocycles. The molecule has 3 rings (SSSR count). The molecule has 2 aromatic rings. The number of carbonyl (C=O) groups is 1. The van der Waals surface area contributed by atoms with Crippen LogP contribution < -0.4 is 5.32 Å². The Kier molecular flexibility index (Phi) is 4.66. The molecule has 2 aromatic heterocycles. The first-order valence-corrected chi connectivity index (χ1v) is 9.89. The van der Waals surface area contributed by atoms with Crippen LogP contribution in [0.25, 0.3) is 0 Å². The van der Waals surface area contributed by atoms with Crippen molar-refractivity contribution in [3.8, 4) is 0 Å². The summed E-state index contributed by atoms with van der Waals surface area (Å²) < 4.78 is 26.1. The van der Waals surface area contributed by atoms with Gasteiger partial charge in [-0.3, -0.25) is 15.1 Å². The maximum Gasteiger partial charge on any atom is 0.259 e. The van der Waals surface area contributed by atoms with Gasteiger partial charge in [-0.05, 0) is 26.0 Å². The number of rotatable bonds is 4. The second-order valence-corrected chi connectivity index (χ2v) is 9.33. The van der Waals surface area contributed by atoms with Crippen LogP contribution in [0.15, 0.2) is 24.5 Å². The van der Waals surface area contributed by atoms with Crippen molar-refractivity contribution in [2.75, 3.05) is 11.9 Å². The Morgan fingerprint density at radius 3 is 2.88 bits per heavy atom. The van der Waals surface area contributed by atoms with Gasteiger partial charge in [-0.15, -0.1) is 11.3 Å². The lowest BCUT2D eigenvalue weighted by molar-refractivity contribution is 0.102. The molecule has 1 aliphatic rings. The number of anilines is 1. The zero-order valence-electron chi connectivity index (χ0n) is 13.4. The van der Waals surface area contributed by atoms with Crippen molar-refractivity contribution in [3.05, 3.63) is 40.7 Å². The number of pyridine rings is 1. The van der Waals surface area contributed by atoms with Gasteiger partial charge < -0.3 is 0 Å². The van der Waals surface area contributed by atoms with E-state index in [-0.39, 0.29) is 5.91 Å². The molecule has 1 amide bonds. The van der Waals surface area contributed by atoms with Crippen LogP contribution in [0, 0.1) is 0 Å². The monoisotopic (exact) mass is 366 g/mol. The molecule has 0 radical (unpaired) electrons. The summed E-state index contributed by atoms with van der Waals surface area (Å²) >= 11 is 1.32. The minimum absolute atomic E-state index is 0.277. The Morgan fingerprint density at radius 1 is 1.42 bits per heavy atom. The summed E-state index contributed by atoms with van der Waals surface area (Å²) in [6, 6.07) is 3.36. The van der Waals surface area contributed by atoms with E-state index in [9.17, 15) is 13.2 Å². The fourth-order valence-corrected chi connectivity index (χ4v) is 4.76. The van der Waals surface area contributed by atoms with Crippen LogP contribution in [-0.4, -0.2) is 40.4 Å². The quantitative estimate of drug-likeness (QED) is 0.892. The maximum absolute atomic E-state index is 12.3. The molecular formula is C15H18N4O3S2. The molecule has 3 heterocycles. The maximum atomic E-state index is 12.3. The van der Waals surface area contributed by atoms with Crippen molar-refractivity contribution < 1.29 is 13.2 Å². The molecule has 128 valence electrons. The topological polar surface area (TPSA) is 92.3 Å². The molecular weight excluding hydrogens is 348 g/mol. The van der Waals surface area contributed by atoms with Crippen molar-refractivity contribution in [1.82, 2.24) is 14.3 Å². The molecule has 24 heavy (non-hydrogen) atoms. The Morgan fingerprint density at radius 2 is 2.21 bits per heavy atom. The third-order valence-electron chi connectivity index (χ3n) is 3.80. The Bertz CT molecular complexity index is 847. The largest absolute Gasteiger partial charge is 0.298 e. The van der Waals surface area contributed by atoms with Gasteiger partial charge in [-0.2, -0.15) is 4.31 Å². The van der Waals surface area contributed by atoms with E-state index >= 15 is 0 Å². The number of aromatic nitrogens is 2. The smallest absolute Gasteiger partial charge is 0.259 e. The van der Waals surface area contributed by atoms with Crippen LogP contribution in [-0.2, 0) is 23.0 Å². The number of thiazole rings is 1. The Hall–Kier alpha value is -1.84. The van der Waals surface area contributed by atoms with E-state index in [1.807, 2.05) is 0 Å². The average Bonchev–Trinajstić information content (AvgIpc) is 2.96. The molecule has 0 fully saturated rings. The number of carbonyl (C=O) groups excluding carboxylic acids is 1. The zero-order valence-corrected chi connectivity index (χ0v) is 15.0. The first kappa shape index (κ1) is 17.0. The average molecular weight is 366 g/mol. The number of fused-ring (bicyclic) bond motifs is 1. The highest BCUT2D eigenvalue weighted by Gasteiger charge is 2.31. The molecule has 0 aromatic carbocycles. The summed E-state index contributed by atoms with van der Waals surface area (Å²) in [6.07, 6.45) is 3.64. The van der Waals surface area contributed by atoms with Crippen molar-refractivity contribution in [2.24, 2.45) is 0 Å². The summed E-state index contributed by atoms with van der Waals surface area (Å²) in [5, 5.41) is 2.79. The highest BCUT2D eigenvalue weighted by Crippen LogP contribution is 2.30. The minimum Gasteiger partial charge on any atom is -0.298 e. The van der Waals surface area contributed by atoms with Gasteiger partial charge >= 0.3 is 0 Å². The molecule has 1 N–H and O–H groups in total. The number of nitrogens with zero attached hydrogens (tertiary/aromatic N) is 3. The lowest BCUT2D eigenvalue weighted by atomic mass is 10.2. The second-order valence-electron chi connectivity index (χ2n) is 5.76. The molecule has 0 unspecified atom stereocenters. The van der Waals surface area contributed by atoms with Crippen molar-refractivity contribution in [2.45, 2.75) is 32.1 Å². The van der Waals surface area contributed by atoms with Crippen LogP contribution in [0.4, 0.5) is 5.13 Å². The molecule has 0 saturated carbocycles. The van der Waals surface area contributed by atoms with Crippen molar-refractivity contribution >= 4 is 32.4 Å². The number of nitrogens with one attached hydrogen (secondary N) is 1. The van der Waals surface area contributed by atoms with Gasteiger partial charge in [0.15, 0.2) is 5.13 Å². The lowest BCUT2D eigenvalue weighted by Crippen LogP contribution is -2.39. The third kappa shape index (κ3) is 3.33. The standard InChI is InChI=1S/C15H18N4O3S2/c1-10(2)24(21,22)19-7-5-12-13(9-19)23-15(17-12)18-14(20)11-4-3-6-16-8-11/h3-4,6,8,10H,5,7,9H2,1-2H3,(H,17,18,20). The van der Waals surface area contributed by atoms with Gasteiger partial charge in [0.25, 0.3) is 5.91 Å². The summed E-state index contributed by atoms with van der Waals surface area (Å²) in [5.74, 6) is -0.277. The molecule has 9 heteroatoms. The summed E-state index contributed by atoms with van der Waals surface area (Å²) in [4.78, 5) is 21.4. The fourth-order valence-electron chi connectivity index (χ4n) is 2.41. The van der Waals surface area contributed by atoms with Crippen LogP contribution in [0.5, 0.6) is 0 Å². The van der Waals surface area contributed by atoms with E-state index in [2.05, 4.69) is 15.3 Å². The number of hydrogen-bond donors (Lipinski definition) is 1. The van der Waals surface area contributed by atoms with Crippen LogP contribution in [0.2, 0.25) is 0 Å². The number of sulfonamides is 1. The number of hydrogen-bond acceptors (Lipinski definition) is 6. The van der Waals surface area contributed by atoms with E-state index in [1.165, 1.54) is 21.8 Å². The first-order chi connectivity index (χ1) is 11.4. The van der Waals surface area contributed by atoms with Gasteiger partial charge in [0.05, 0.1) is 16.5 Å². The molecule has 7 nitrogen and oxygen atoms in total. The molecule has 0 atom stereocenters. The molecule has 0 bridgehead atoms. The lowest BCUT2D eigenvalue weighted by Gasteiger charge is -2.26. The minimum atomic E-state index is -3.28. The summed E-state index contributed by atoms with van der Waals surface area (Å²) in [6.45, 7) is 4.09. The van der Waals surface area contributed by atoms with Gasteiger partial charge in [-0.1, -0.05) is 0 Å². The number of amides is 1. The van der Waals surface area contributed by atoms with Crippen molar-refractivity contribution in [3.63, 3.8) is 0 Å². The zero-order chi connectivity index (χ0) is 17.3. The Labute approximate surface area is 144 Å². The summed E-state index contributed by atoms with van der Waals surface area (Å²) in [5.41, 5.74) is 1.31. The van der Waals surface area contributed by atoms with Gasteiger partial charge in [0.1, 0.15) is 0 Å². The fraction of sp³-hybridized carbons (Fsp3) is 0.400. The van der Waals surface area contributed by atoms with Crippen LogP contribution in [0.3, 0.4) is 0 Å². The van der Waals surface area contributed by atoms with Crippen molar-refractivity contribution in [1.29, 1.82) is 0 Å². The second kappa shape index (κ2) is 6.58. The van der Waals surface area contributed by atoms with Gasteiger partial charge in [-0.25, -0.2) is 13.4 Å².